The molecule has 1 aromatic carbocycles. The number of imidazole rings is 1. The van der Waals surface area contributed by atoms with Gasteiger partial charge in [0.15, 0.2) is 0 Å². The fourth-order valence-corrected chi connectivity index (χ4v) is 1.63. The summed E-state index contributed by atoms with van der Waals surface area (Å²) in [6.45, 7) is 2.06. The van der Waals surface area contributed by atoms with Crippen molar-refractivity contribution < 1.29 is 9.90 Å². The number of hydrogen-bond acceptors (Lipinski definition) is 2. The van der Waals surface area contributed by atoms with Crippen molar-refractivity contribution in [3.63, 3.8) is 0 Å². The van der Waals surface area contributed by atoms with E-state index < -0.39 is 5.97 Å². The fraction of sp³-hybridized carbons (Fsp3) is 0.167. The van der Waals surface area contributed by atoms with E-state index in [-0.39, 0.29) is 5.69 Å². The third-order valence-corrected chi connectivity index (χ3v) is 2.46. The summed E-state index contributed by atoms with van der Waals surface area (Å²) in [5, 5.41) is 8.80. The van der Waals surface area contributed by atoms with Crippen molar-refractivity contribution in [3.05, 3.63) is 41.7 Å². The Morgan fingerprint density at radius 2 is 2.19 bits per heavy atom. The fourth-order valence-electron chi connectivity index (χ4n) is 1.63. The molecule has 0 bridgehead atoms. The number of aromatic amines is 1. The minimum atomic E-state index is -0.993. The number of carboxylic acid groups (broad SMARTS) is 1. The second-order valence-electron chi connectivity index (χ2n) is 3.46. The van der Waals surface area contributed by atoms with E-state index in [2.05, 4.69) is 16.9 Å². The number of carboxylic acids is 1. The van der Waals surface area contributed by atoms with Crippen molar-refractivity contribution in [2.45, 2.75) is 13.3 Å². The lowest BCUT2D eigenvalue weighted by Gasteiger charge is -2.03. The van der Waals surface area contributed by atoms with Crippen LogP contribution in [-0.4, -0.2) is 21.0 Å². The Balaban J connectivity index is 2.46. The summed E-state index contributed by atoms with van der Waals surface area (Å²) in [6, 6.07) is 7.82. The highest BCUT2D eigenvalue weighted by molar-refractivity contribution is 5.86. The maximum atomic E-state index is 10.7. The molecule has 1 heterocycles. The molecular formula is C12H12N2O2. The molecule has 0 atom stereocenters. The van der Waals surface area contributed by atoms with E-state index in [9.17, 15) is 4.79 Å². The zero-order valence-corrected chi connectivity index (χ0v) is 8.90. The van der Waals surface area contributed by atoms with Crippen LogP contribution in [0.15, 0.2) is 30.5 Å². The van der Waals surface area contributed by atoms with Crippen LogP contribution in [0.1, 0.15) is 23.0 Å². The van der Waals surface area contributed by atoms with Gasteiger partial charge in [0.05, 0.1) is 6.20 Å². The van der Waals surface area contributed by atoms with Gasteiger partial charge in [0, 0.05) is 5.56 Å². The van der Waals surface area contributed by atoms with Crippen LogP contribution >= 0.6 is 0 Å². The summed E-state index contributed by atoms with van der Waals surface area (Å²) in [5.41, 5.74) is 2.21. The zero-order chi connectivity index (χ0) is 11.5. The average Bonchev–Trinajstić information content (AvgIpc) is 2.78. The molecular weight excluding hydrogens is 204 g/mol. The van der Waals surface area contributed by atoms with E-state index in [1.807, 2.05) is 24.3 Å². The van der Waals surface area contributed by atoms with Crippen molar-refractivity contribution >= 4 is 5.97 Å². The van der Waals surface area contributed by atoms with Crippen LogP contribution in [0, 0.1) is 0 Å². The second kappa shape index (κ2) is 4.18. The van der Waals surface area contributed by atoms with Gasteiger partial charge in [-0.3, -0.25) is 0 Å². The van der Waals surface area contributed by atoms with Crippen LogP contribution in [0.3, 0.4) is 0 Å². The van der Waals surface area contributed by atoms with Gasteiger partial charge in [-0.05, 0) is 12.0 Å². The van der Waals surface area contributed by atoms with Gasteiger partial charge in [0.25, 0.3) is 0 Å². The van der Waals surface area contributed by atoms with Crippen LogP contribution in [0.25, 0.3) is 11.4 Å². The minimum absolute atomic E-state index is 0.112. The molecule has 4 heteroatoms. The summed E-state index contributed by atoms with van der Waals surface area (Å²) in [5.74, 6) is -0.387. The topological polar surface area (TPSA) is 66.0 Å². The summed E-state index contributed by atoms with van der Waals surface area (Å²) >= 11 is 0. The summed E-state index contributed by atoms with van der Waals surface area (Å²) in [6.07, 6.45) is 2.23. The van der Waals surface area contributed by atoms with Crippen LogP contribution in [0.5, 0.6) is 0 Å². The normalized spacial score (nSPS) is 10.3. The van der Waals surface area contributed by atoms with Gasteiger partial charge in [-0.15, -0.1) is 0 Å². The lowest BCUT2D eigenvalue weighted by molar-refractivity contribution is 0.0691. The highest BCUT2D eigenvalue weighted by atomic mass is 16.4. The van der Waals surface area contributed by atoms with E-state index in [4.69, 9.17) is 5.11 Å². The predicted molar refractivity (Wildman–Crippen MR) is 60.4 cm³/mol. The molecule has 0 aliphatic heterocycles. The molecule has 0 radical (unpaired) electrons. The number of carbonyl (C=O) groups is 1. The number of rotatable bonds is 3. The van der Waals surface area contributed by atoms with E-state index in [0.29, 0.717) is 5.82 Å². The Labute approximate surface area is 93.0 Å². The summed E-state index contributed by atoms with van der Waals surface area (Å²) in [7, 11) is 0. The Kier molecular flexibility index (Phi) is 2.72. The van der Waals surface area contributed by atoms with Gasteiger partial charge in [-0.1, -0.05) is 31.2 Å². The maximum Gasteiger partial charge on any atom is 0.353 e. The molecule has 4 nitrogen and oxygen atoms in total. The number of nitrogens with zero attached hydrogens (tertiary/aromatic N) is 1. The number of aromatic carboxylic acids is 1. The largest absolute Gasteiger partial charge is 0.477 e. The second-order valence-corrected chi connectivity index (χ2v) is 3.46. The molecule has 0 aliphatic rings. The Hall–Kier alpha value is -2.10. The lowest BCUT2D eigenvalue weighted by Crippen LogP contribution is -1.96. The van der Waals surface area contributed by atoms with Crippen LogP contribution in [-0.2, 0) is 6.42 Å². The van der Waals surface area contributed by atoms with Crippen LogP contribution < -0.4 is 0 Å². The van der Waals surface area contributed by atoms with Crippen molar-refractivity contribution in [2.24, 2.45) is 0 Å². The Morgan fingerprint density at radius 1 is 1.44 bits per heavy atom. The van der Waals surface area contributed by atoms with Gasteiger partial charge >= 0.3 is 5.97 Å². The highest BCUT2D eigenvalue weighted by Crippen LogP contribution is 2.20. The van der Waals surface area contributed by atoms with Crippen LogP contribution in [0.4, 0.5) is 0 Å². The van der Waals surface area contributed by atoms with E-state index >= 15 is 0 Å². The lowest BCUT2D eigenvalue weighted by atomic mass is 10.1. The molecule has 0 saturated heterocycles. The first-order valence-corrected chi connectivity index (χ1v) is 5.09. The predicted octanol–water partition coefficient (Wildman–Crippen LogP) is 2.34. The SMILES string of the molecule is CCc1ccccc1-c1ncc(C(=O)O)[nH]1. The van der Waals surface area contributed by atoms with E-state index in [1.165, 1.54) is 6.20 Å². The number of aromatic nitrogens is 2. The van der Waals surface area contributed by atoms with Crippen molar-refractivity contribution in [3.8, 4) is 11.4 Å². The zero-order valence-electron chi connectivity index (χ0n) is 8.90. The number of aryl methyl sites for hydroxylation is 1. The number of hydrogen-bond donors (Lipinski definition) is 2. The Bertz CT molecular complexity index is 517. The third kappa shape index (κ3) is 1.82. The van der Waals surface area contributed by atoms with Gasteiger partial charge in [0.1, 0.15) is 11.5 Å². The smallest absolute Gasteiger partial charge is 0.353 e. The van der Waals surface area contributed by atoms with Crippen molar-refractivity contribution in [2.75, 3.05) is 0 Å². The van der Waals surface area contributed by atoms with Gasteiger partial charge in [-0.2, -0.15) is 0 Å². The molecule has 82 valence electrons. The molecule has 2 N–H and O–H groups in total. The molecule has 0 fully saturated rings. The van der Waals surface area contributed by atoms with E-state index in [1.54, 1.807) is 0 Å². The average molecular weight is 216 g/mol. The first-order chi connectivity index (χ1) is 7.72. The summed E-state index contributed by atoms with van der Waals surface area (Å²) in [4.78, 5) is 17.6. The molecule has 0 aliphatic carbocycles. The molecule has 0 unspecified atom stereocenters. The standard InChI is InChI=1S/C12H12N2O2/c1-2-8-5-3-4-6-9(8)11-13-7-10(14-11)12(15)16/h3-7H,2H2,1H3,(H,13,14)(H,15,16). The molecule has 16 heavy (non-hydrogen) atoms. The molecule has 0 spiro atoms. The highest BCUT2D eigenvalue weighted by Gasteiger charge is 2.10. The van der Waals surface area contributed by atoms with Gasteiger partial charge in [-0.25, -0.2) is 9.78 Å². The van der Waals surface area contributed by atoms with E-state index in [0.717, 1.165) is 17.5 Å². The molecule has 0 saturated carbocycles. The number of H-pyrrole nitrogens is 1. The monoisotopic (exact) mass is 216 g/mol. The molecule has 2 rings (SSSR count). The first kappa shape index (κ1) is 10.4. The summed E-state index contributed by atoms with van der Waals surface area (Å²) < 4.78 is 0. The maximum absolute atomic E-state index is 10.7. The van der Waals surface area contributed by atoms with Gasteiger partial charge in [0.2, 0.25) is 0 Å². The first-order valence-electron chi connectivity index (χ1n) is 5.09. The van der Waals surface area contributed by atoms with Crippen LogP contribution in [0.2, 0.25) is 0 Å². The molecule has 0 amide bonds. The molecule has 1 aromatic heterocycles. The quantitative estimate of drug-likeness (QED) is 0.827. The number of benzene rings is 1. The molecule has 2 aromatic rings. The third-order valence-electron chi connectivity index (χ3n) is 2.46. The van der Waals surface area contributed by atoms with Gasteiger partial charge < -0.3 is 10.1 Å². The minimum Gasteiger partial charge on any atom is -0.477 e. The van der Waals surface area contributed by atoms with Crippen molar-refractivity contribution in [1.29, 1.82) is 0 Å². The Morgan fingerprint density at radius 3 is 2.81 bits per heavy atom. The number of nitrogens with one attached hydrogen (secondary N) is 1. The van der Waals surface area contributed by atoms with Crippen molar-refractivity contribution in [1.82, 2.24) is 9.97 Å².